The zero-order chi connectivity index (χ0) is 12.0. The lowest BCUT2D eigenvalue weighted by Gasteiger charge is -2.25. The summed E-state index contributed by atoms with van der Waals surface area (Å²) in [6, 6.07) is 0. The van der Waals surface area contributed by atoms with Crippen molar-refractivity contribution < 1.29 is 0 Å². The van der Waals surface area contributed by atoms with Crippen LogP contribution in [0, 0.1) is 5.41 Å². The van der Waals surface area contributed by atoms with Crippen LogP contribution in [0.25, 0.3) is 0 Å². The summed E-state index contributed by atoms with van der Waals surface area (Å²) < 4.78 is 0. The molecule has 1 rings (SSSR count). The van der Waals surface area contributed by atoms with Gasteiger partial charge in [-0.25, -0.2) is 0 Å². The summed E-state index contributed by atoms with van der Waals surface area (Å²) >= 11 is 5.44. The van der Waals surface area contributed by atoms with Gasteiger partial charge in [0.05, 0.1) is 0 Å². The minimum Gasteiger partial charge on any atom is -0.363 e. The second kappa shape index (κ2) is 6.43. The molecule has 1 N–H and O–H groups in total. The van der Waals surface area contributed by atoms with Crippen molar-refractivity contribution in [3.8, 4) is 0 Å². The number of likely N-dealkylation sites (tertiary alicyclic amines) is 1. The van der Waals surface area contributed by atoms with Crippen LogP contribution in [0.5, 0.6) is 0 Å². The Hall–Kier alpha value is -0.310. The monoisotopic (exact) mass is 242 g/mol. The fraction of sp³-hybridized carbons (Fsp3) is 0.923. The molecule has 0 amide bonds. The standard InChI is InChI=1S/C13H26N2S/c1-4-5-9-14-12(16)15-10-6-7-13(2,3)8-11-15/h4-11H2,1-3H3,(H,14,16). The van der Waals surface area contributed by atoms with E-state index < -0.39 is 0 Å². The Kier molecular flexibility index (Phi) is 5.53. The fourth-order valence-electron chi connectivity index (χ4n) is 2.11. The number of unbranched alkanes of at least 4 members (excludes halogenated alkanes) is 1. The van der Waals surface area contributed by atoms with E-state index in [1.165, 1.54) is 32.1 Å². The molecule has 0 saturated carbocycles. The molecule has 1 heterocycles. The number of nitrogens with one attached hydrogen (secondary N) is 1. The Labute approximate surface area is 106 Å². The molecule has 0 spiro atoms. The molecule has 1 fully saturated rings. The first-order valence-electron chi connectivity index (χ1n) is 6.58. The summed E-state index contributed by atoms with van der Waals surface area (Å²) in [5, 5.41) is 4.33. The van der Waals surface area contributed by atoms with E-state index in [1.807, 2.05) is 0 Å². The zero-order valence-corrected chi connectivity index (χ0v) is 11.8. The van der Waals surface area contributed by atoms with Gasteiger partial charge in [-0.2, -0.15) is 0 Å². The number of rotatable bonds is 3. The molecule has 0 unspecified atom stereocenters. The molecule has 0 aromatic carbocycles. The van der Waals surface area contributed by atoms with Crippen LogP contribution in [0.1, 0.15) is 52.9 Å². The molecule has 0 bridgehead atoms. The van der Waals surface area contributed by atoms with Gasteiger partial charge in [-0.1, -0.05) is 27.2 Å². The smallest absolute Gasteiger partial charge is 0.168 e. The van der Waals surface area contributed by atoms with Crippen molar-refractivity contribution in [1.29, 1.82) is 0 Å². The van der Waals surface area contributed by atoms with Crippen LogP contribution >= 0.6 is 12.2 Å². The Morgan fingerprint density at radius 2 is 2.06 bits per heavy atom. The maximum Gasteiger partial charge on any atom is 0.168 e. The summed E-state index contributed by atoms with van der Waals surface area (Å²) in [4.78, 5) is 2.35. The third-order valence-corrected chi connectivity index (χ3v) is 3.84. The zero-order valence-electron chi connectivity index (χ0n) is 11.0. The second-order valence-corrected chi connectivity index (χ2v) is 5.98. The van der Waals surface area contributed by atoms with E-state index in [-0.39, 0.29) is 0 Å². The van der Waals surface area contributed by atoms with Crippen LogP contribution in [0.2, 0.25) is 0 Å². The Bertz CT molecular complexity index is 226. The van der Waals surface area contributed by atoms with Gasteiger partial charge in [-0.15, -0.1) is 0 Å². The minimum atomic E-state index is 0.494. The van der Waals surface area contributed by atoms with E-state index in [0.29, 0.717) is 5.41 Å². The van der Waals surface area contributed by atoms with Crippen molar-refractivity contribution in [2.24, 2.45) is 5.41 Å². The van der Waals surface area contributed by atoms with E-state index >= 15 is 0 Å². The van der Waals surface area contributed by atoms with Crippen LogP contribution in [-0.2, 0) is 0 Å². The first-order chi connectivity index (χ1) is 7.55. The summed E-state index contributed by atoms with van der Waals surface area (Å²) in [6.45, 7) is 10.2. The van der Waals surface area contributed by atoms with E-state index in [4.69, 9.17) is 12.2 Å². The number of nitrogens with zero attached hydrogens (tertiary/aromatic N) is 1. The van der Waals surface area contributed by atoms with Crippen LogP contribution in [0.4, 0.5) is 0 Å². The molecule has 16 heavy (non-hydrogen) atoms. The SMILES string of the molecule is CCCCNC(=S)N1CCCC(C)(C)CC1. The molecule has 1 aliphatic rings. The third-order valence-electron chi connectivity index (χ3n) is 3.43. The van der Waals surface area contributed by atoms with Gasteiger partial charge in [0, 0.05) is 19.6 Å². The first-order valence-corrected chi connectivity index (χ1v) is 6.99. The second-order valence-electron chi connectivity index (χ2n) is 5.59. The van der Waals surface area contributed by atoms with Gasteiger partial charge in [-0.3, -0.25) is 0 Å². The molecule has 1 aliphatic heterocycles. The normalized spacial score (nSPS) is 20.3. The average molecular weight is 242 g/mol. The quantitative estimate of drug-likeness (QED) is 0.604. The molecule has 1 saturated heterocycles. The maximum atomic E-state index is 5.44. The van der Waals surface area contributed by atoms with Gasteiger partial charge in [0.25, 0.3) is 0 Å². The van der Waals surface area contributed by atoms with E-state index in [9.17, 15) is 0 Å². The summed E-state index contributed by atoms with van der Waals surface area (Å²) in [7, 11) is 0. The van der Waals surface area contributed by atoms with Crippen LogP contribution < -0.4 is 5.32 Å². The molecular weight excluding hydrogens is 216 g/mol. The van der Waals surface area contributed by atoms with E-state index in [1.54, 1.807) is 0 Å². The average Bonchev–Trinajstić information content (AvgIpc) is 2.39. The largest absolute Gasteiger partial charge is 0.363 e. The van der Waals surface area contributed by atoms with E-state index in [2.05, 4.69) is 31.0 Å². The van der Waals surface area contributed by atoms with Crippen molar-refractivity contribution >= 4 is 17.3 Å². The highest BCUT2D eigenvalue weighted by molar-refractivity contribution is 7.80. The Morgan fingerprint density at radius 3 is 2.75 bits per heavy atom. The lowest BCUT2D eigenvalue weighted by atomic mass is 9.85. The van der Waals surface area contributed by atoms with Crippen molar-refractivity contribution in [3.05, 3.63) is 0 Å². The highest BCUT2D eigenvalue weighted by Gasteiger charge is 2.23. The summed E-state index contributed by atoms with van der Waals surface area (Å²) in [5.74, 6) is 0. The molecule has 0 radical (unpaired) electrons. The van der Waals surface area contributed by atoms with Gasteiger partial charge < -0.3 is 10.2 Å². The Morgan fingerprint density at radius 1 is 1.31 bits per heavy atom. The van der Waals surface area contributed by atoms with Gasteiger partial charge in [0.15, 0.2) is 5.11 Å². The highest BCUT2D eigenvalue weighted by Crippen LogP contribution is 2.29. The first kappa shape index (κ1) is 13.8. The van der Waals surface area contributed by atoms with Gasteiger partial charge >= 0.3 is 0 Å². The summed E-state index contributed by atoms with van der Waals surface area (Å²) in [6.07, 6.45) is 6.27. The molecule has 0 aliphatic carbocycles. The molecule has 3 heteroatoms. The number of thiocarbonyl (C=S) groups is 1. The Balaban J connectivity index is 2.33. The molecule has 94 valence electrons. The molecular formula is C13H26N2S. The lowest BCUT2D eigenvalue weighted by molar-refractivity contribution is 0.313. The molecule has 0 aromatic heterocycles. The fourth-order valence-corrected chi connectivity index (χ4v) is 2.39. The van der Waals surface area contributed by atoms with Crippen LogP contribution in [0.3, 0.4) is 0 Å². The van der Waals surface area contributed by atoms with Crippen molar-refractivity contribution in [3.63, 3.8) is 0 Å². The lowest BCUT2D eigenvalue weighted by Crippen LogP contribution is -2.40. The number of hydrogen-bond donors (Lipinski definition) is 1. The highest BCUT2D eigenvalue weighted by atomic mass is 32.1. The molecule has 0 aromatic rings. The molecule has 0 atom stereocenters. The maximum absolute atomic E-state index is 5.44. The minimum absolute atomic E-state index is 0.494. The number of hydrogen-bond acceptors (Lipinski definition) is 1. The van der Waals surface area contributed by atoms with Gasteiger partial charge in [0.1, 0.15) is 0 Å². The van der Waals surface area contributed by atoms with Gasteiger partial charge in [0.2, 0.25) is 0 Å². The van der Waals surface area contributed by atoms with Crippen molar-refractivity contribution in [2.75, 3.05) is 19.6 Å². The topological polar surface area (TPSA) is 15.3 Å². The van der Waals surface area contributed by atoms with Crippen molar-refractivity contribution in [2.45, 2.75) is 52.9 Å². The van der Waals surface area contributed by atoms with Crippen LogP contribution in [-0.4, -0.2) is 29.6 Å². The third kappa shape index (κ3) is 4.69. The predicted octanol–water partition coefficient (Wildman–Crippen LogP) is 3.17. The summed E-state index contributed by atoms with van der Waals surface area (Å²) in [5.41, 5.74) is 0.494. The van der Waals surface area contributed by atoms with Gasteiger partial charge in [-0.05, 0) is 43.3 Å². The molecule has 2 nitrogen and oxygen atoms in total. The van der Waals surface area contributed by atoms with Crippen molar-refractivity contribution in [1.82, 2.24) is 10.2 Å². The predicted molar refractivity (Wildman–Crippen MR) is 74.7 cm³/mol. The van der Waals surface area contributed by atoms with E-state index in [0.717, 1.165) is 24.7 Å². The van der Waals surface area contributed by atoms with Crippen LogP contribution in [0.15, 0.2) is 0 Å².